The molecule has 1 aliphatic heterocycles. The number of nitrogens with zero attached hydrogens (tertiary/aromatic N) is 1. The first-order valence-corrected chi connectivity index (χ1v) is 5.89. The average molecular weight is 250 g/mol. The molecule has 3 rings (SSSR count). The van der Waals surface area contributed by atoms with Gasteiger partial charge in [-0.05, 0) is 37.6 Å². The largest absolute Gasteiger partial charge is 0.356 e. The van der Waals surface area contributed by atoms with Gasteiger partial charge in [-0.2, -0.15) is 0 Å². The van der Waals surface area contributed by atoms with Crippen molar-refractivity contribution < 1.29 is 13.3 Å². The normalized spacial score (nSPS) is 19.3. The molecule has 1 aromatic carbocycles. The van der Waals surface area contributed by atoms with Crippen molar-refractivity contribution in [3.63, 3.8) is 0 Å². The molecule has 0 spiro atoms. The summed E-state index contributed by atoms with van der Waals surface area (Å²) in [6, 6.07) is 5.09. The molecule has 2 heterocycles. The number of aromatic nitrogens is 1. The van der Waals surface area contributed by atoms with Crippen molar-refractivity contribution in [3.8, 4) is 11.3 Å². The maximum atomic E-state index is 13.6. The molecule has 3 nitrogen and oxygen atoms in total. The third kappa shape index (κ3) is 2.01. The zero-order valence-corrected chi connectivity index (χ0v) is 9.62. The first kappa shape index (κ1) is 11.3. The Morgan fingerprint density at radius 1 is 1.28 bits per heavy atom. The highest BCUT2D eigenvalue weighted by atomic mass is 19.1. The molecule has 0 saturated carbocycles. The van der Waals surface area contributed by atoms with Crippen LogP contribution in [0.15, 0.2) is 28.8 Å². The first-order chi connectivity index (χ1) is 8.74. The van der Waals surface area contributed by atoms with Crippen LogP contribution >= 0.6 is 0 Å². The van der Waals surface area contributed by atoms with E-state index in [1.54, 1.807) is 6.07 Å². The molecule has 1 N–H and O–H groups in total. The Hall–Kier alpha value is -1.75. The van der Waals surface area contributed by atoms with Crippen molar-refractivity contribution in [3.05, 3.63) is 41.6 Å². The van der Waals surface area contributed by atoms with Crippen molar-refractivity contribution in [2.24, 2.45) is 0 Å². The van der Waals surface area contributed by atoms with Gasteiger partial charge in [0.25, 0.3) is 0 Å². The summed E-state index contributed by atoms with van der Waals surface area (Å²) in [5.74, 6) is -0.752. The fourth-order valence-electron chi connectivity index (χ4n) is 2.20. The summed E-state index contributed by atoms with van der Waals surface area (Å²) in [4.78, 5) is 0. The van der Waals surface area contributed by atoms with Gasteiger partial charge in [-0.3, -0.25) is 0 Å². The fraction of sp³-hybridized carbons (Fsp3) is 0.308. The van der Waals surface area contributed by atoms with E-state index >= 15 is 0 Å². The minimum atomic E-state index is -0.515. The highest BCUT2D eigenvalue weighted by Crippen LogP contribution is 2.29. The van der Waals surface area contributed by atoms with E-state index in [-0.39, 0.29) is 17.4 Å². The van der Waals surface area contributed by atoms with Crippen LogP contribution in [0.25, 0.3) is 11.3 Å². The summed E-state index contributed by atoms with van der Waals surface area (Å²) in [6.07, 6.45) is 2.07. The molecule has 1 fully saturated rings. The van der Waals surface area contributed by atoms with Crippen LogP contribution in [-0.4, -0.2) is 11.7 Å². The van der Waals surface area contributed by atoms with E-state index in [2.05, 4.69) is 10.5 Å². The van der Waals surface area contributed by atoms with Crippen molar-refractivity contribution in [2.45, 2.75) is 18.9 Å². The Bertz CT molecular complexity index is 562. The van der Waals surface area contributed by atoms with Gasteiger partial charge in [-0.1, -0.05) is 5.16 Å². The Balaban J connectivity index is 1.94. The maximum absolute atomic E-state index is 13.6. The topological polar surface area (TPSA) is 38.1 Å². The molecule has 1 unspecified atom stereocenters. The lowest BCUT2D eigenvalue weighted by atomic mass is 10.1. The van der Waals surface area contributed by atoms with Gasteiger partial charge in [0.05, 0.1) is 11.6 Å². The van der Waals surface area contributed by atoms with Crippen LogP contribution in [0, 0.1) is 11.6 Å². The van der Waals surface area contributed by atoms with Crippen molar-refractivity contribution in [2.75, 3.05) is 6.54 Å². The smallest absolute Gasteiger partial charge is 0.170 e. The van der Waals surface area contributed by atoms with E-state index in [0.717, 1.165) is 43.3 Å². The number of halogens is 2. The average Bonchev–Trinajstić information content (AvgIpc) is 3.00. The second-order valence-electron chi connectivity index (χ2n) is 4.39. The van der Waals surface area contributed by atoms with Gasteiger partial charge in [0.15, 0.2) is 5.76 Å². The quantitative estimate of drug-likeness (QED) is 0.890. The monoisotopic (exact) mass is 250 g/mol. The van der Waals surface area contributed by atoms with Crippen LogP contribution < -0.4 is 5.32 Å². The highest BCUT2D eigenvalue weighted by Gasteiger charge is 2.21. The molecular weight excluding hydrogens is 238 g/mol. The minimum Gasteiger partial charge on any atom is -0.356 e. The van der Waals surface area contributed by atoms with Crippen LogP contribution in [-0.2, 0) is 0 Å². The lowest BCUT2D eigenvalue weighted by molar-refractivity contribution is 0.410. The second-order valence-corrected chi connectivity index (χ2v) is 4.39. The van der Waals surface area contributed by atoms with E-state index in [1.807, 2.05) is 0 Å². The molecule has 94 valence electrons. The summed E-state index contributed by atoms with van der Waals surface area (Å²) in [5, 5.41) is 7.19. The Morgan fingerprint density at radius 2 is 2.17 bits per heavy atom. The van der Waals surface area contributed by atoms with Crippen LogP contribution in [0.4, 0.5) is 8.78 Å². The molecular formula is C13H12F2N2O. The lowest BCUT2D eigenvalue weighted by Gasteiger charge is -2.03. The van der Waals surface area contributed by atoms with E-state index in [4.69, 9.17) is 4.52 Å². The zero-order valence-electron chi connectivity index (χ0n) is 9.62. The molecule has 5 heteroatoms. The van der Waals surface area contributed by atoms with Crippen LogP contribution in [0.1, 0.15) is 24.6 Å². The van der Waals surface area contributed by atoms with Crippen molar-refractivity contribution >= 4 is 0 Å². The number of nitrogens with one attached hydrogen (secondary N) is 1. The van der Waals surface area contributed by atoms with Crippen LogP contribution in [0.2, 0.25) is 0 Å². The summed E-state index contributed by atoms with van der Waals surface area (Å²) >= 11 is 0. The summed E-state index contributed by atoms with van der Waals surface area (Å²) in [7, 11) is 0. The summed E-state index contributed by atoms with van der Waals surface area (Å²) in [5.41, 5.74) is 0.845. The van der Waals surface area contributed by atoms with Crippen molar-refractivity contribution in [1.82, 2.24) is 10.5 Å². The standard InChI is InChI=1S/C13H12F2N2O/c14-8-3-4-10(15)9(6-8)13-7-12(17-18-13)11-2-1-5-16-11/h3-4,6-7,11,16H,1-2,5H2. The zero-order chi connectivity index (χ0) is 12.5. The van der Waals surface area contributed by atoms with Crippen LogP contribution in [0.3, 0.4) is 0 Å². The molecule has 1 aliphatic rings. The molecule has 1 saturated heterocycles. The van der Waals surface area contributed by atoms with Gasteiger partial charge >= 0.3 is 0 Å². The van der Waals surface area contributed by atoms with Gasteiger partial charge in [-0.15, -0.1) is 0 Å². The molecule has 1 aromatic heterocycles. The molecule has 2 aromatic rings. The predicted octanol–water partition coefficient (Wildman–Crippen LogP) is 3.04. The number of benzene rings is 1. The number of hydrogen-bond donors (Lipinski definition) is 1. The molecule has 0 amide bonds. The molecule has 1 atom stereocenters. The Morgan fingerprint density at radius 3 is 2.94 bits per heavy atom. The van der Waals surface area contributed by atoms with E-state index < -0.39 is 11.6 Å². The molecule has 0 aliphatic carbocycles. The Labute approximate surface area is 103 Å². The van der Waals surface area contributed by atoms with Crippen LogP contribution in [0.5, 0.6) is 0 Å². The predicted molar refractivity (Wildman–Crippen MR) is 61.8 cm³/mol. The highest BCUT2D eigenvalue weighted by molar-refractivity contribution is 5.58. The minimum absolute atomic E-state index is 0.103. The third-order valence-electron chi connectivity index (χ3n) is 3.14. The van der Waals surface area contributed by atoms with Gasteiger partial charge in [0, 0.05) is 6.07 Å². The summed E-state index contributed by atoms with van der Waals surface area (Å²) in [6.45, 7) is 0.946. The third-order valence-corrected chi connectivity index (χ3v) is 3.14. The molecule has 18 heavy (non-hydrogen) atoms. The van der Waals surface area contributed by atoms with E-state index in [1.165, 1.54) is 0 Å². The number of rotatable bonds is 2. The van der Waals surface area contributed by atoms with Crippen molar-refractivity contribution in [1.29, 1.82) is 0 Å². The maximum Gasteiger partial charge on any atom is 0.170 e. The molecule has 0 radical (unpaired) electrons. The van der Waals surface area contributed by atoms with E-state index in [9.17, 15) is 8.78 Å². The van der Waals surface area contributed by atoms with Gasteiger partial charge in [-0.25, -0.2) is 8.78 Å². The molecule has 0 bridgehead atoms. The van der Waals surface area contributed by atoms with E-state index in [0.29, 0.717) is 0 Å². The lowest BCUT2D eigenvalue weighted by Crippen LogP contribution is -2.12. The summed E-state index contributed by atoms with van der Waals surface area (Å²) < 4.78 is 31.8. The Kier molecular flexibility index (Phi) is 2.83. The van der Waals surface area contributed by atoms with Gasteiger partial charge in [0.1, 0.15) is 17.3 Å². The van der Waals surface area contributed by atoms with Gasteiger partial charge in [0.2, 0.25) is 0 Å². The number of hydrogen-bond acceptors (Lipinski definition) is 3. The van der Waals surface area contributed by atoms with Gasteiger partial charge < -0.3 is 9.84 Å². The first-order valence-electron chi connectivity index (χ1n) is 5.89. The SMILES string of the molecule is Fc1ccc(F)c(-c2cc(C3CCCN3)no2)c1. The second kappa shape index (κ2) is 4.49. The fourth-order valence-corrected chi connectivity index (χ4v) is 2.20.